The fourth-order valence-corrected chi connectivity index (χ4v) is 1.91. The molecule has 1 aromatic rings. The van der Waals surface area contributed by atoms with Crippen LogP contribution in [-0.4, -0.2) is 12.4 Å². The maximum absolute atomic E-state index is 12.1. The summed E-state index contributed by atoms with van der Waals surface area (Å²) in [5, 5.41) is 0.637. The van der Waals surface area contributed by atoms with Crippen LogP contribution in [0, 0.1) is 12.8 Å². The number of benzene rings is 1. The molecule has 0 bridgehead atoms. The monoisotopic (exact) mass is 252 g/mol. The second-order valence-electron chi connectivity index (χ2n) is 4.58. The molecule has 0 saturated heterocycles. The number of hydrogen-bond acceptors (Lipinski definition) is 2. The van der Waals surface area contributed by atoms with Crippen LogP contribution in [0.5, 0.6) is 5.75 Å². The average Bonchev–Trinajstić information content (AvgIpc) is 3.13. The molecule has 0 aliphatic heterocycles. The lowest BCUT2D eigenvalue weighted by molar-refractivity contribution is 0.0963. The summed E-state index contributed by atoms with van der Waals surface area (Å²) in [6.07, 6.45) is 2.92. The van der Waals surface area contributed by atoms with E-state index in [2.05, 4.69) is 0 Å². The topological polar surface area (TPSA) is 26.3 Å². The van der Waals surface area contributed by atoms with E-state index < -0.39 is 0 Å². The molecule has 1 saturated carbocycles. The quantitative estimate of drug-likeness (QED) is 0.740. The first kappa shape index (κ1) is 12.4. The van der Waals surface area contributed by atoms with Crippen molar-refractivity contribution in [1.82, 2.24) is 0 Å². The molecule has 0 atom stereocenters. The van der Waals surface area contributed by atoms with E-state index in [1.165, 1.54) is 0 Å². The van der Waals surface area contributed by atoms with Gasteiger partial charge in [0.25, 0.3) is 0 Å². The van der Waals surface area contributed by atoms with E-state index in [-0.39, 0.29) is 11.7 Å². The SMILES string of the molecule is CCCOc1cc(C)c(Cl)cc1C(=O)C1CC1. The number of ketones is 1. The first-order valence-electron chi connectivity index (χ1n) is 6.10. The predicted octanol–water partition coefficient (Wildman–Crippen LogP) is 4.03. The zero-order chi connectivity index (χ0) is 12.4. The van der Waals surface area contributed by atoms with E-state index in [0.29, 0.717) is 22.9 Å². The zero-order valence-corrected chi connectivity index (χ0v) is 11.0. The number of hydrogen-bond donors (Lipinski definition) is 0. The minimum Gasteiger partial charge on any atom is -0.493 e. The maximum Gasteiger partial charge on any atom is 0.169 e. The van der Waals surface area contributed by atoms with E-state index >= 15 is 0 Å². The average molecular weight is 253 g/mol. The minimum atomic E-state index is 0.179. The van der Waals surface area contributed by atoms with Crippen molar-refractivity contribution in [2.24, 2.45) is 5.92 Å². The number of carbonyl (C=O) groups excluding carboxylic acids is 1. The van der Waals surface area contributed by atoms with Gasteiger partial charge in [0.2, 0.25) is 0 Å². The Balaban J connectivity index is 2.32. The van der Waals surface area contributed by atoms with Crippen LogP contribution >= 0.6 is 11.6 Å². The summed E-state index contributed by atoms with van der Waals surface area (Å²) in [5.41, 5.74) is 1.60. The highest BCUT2D eigenvalue weighted by Gasteiger charge is 2.32. The Bertz CT molecular complexity index is 436. The number of halogens is 1. The van der Waals surface area contributed by atoms with Gasteiger partial charge in [0.1, 0.15) is 5.75 Å². The Morgan fingerprint density at radius 2 is 2.18 bits per heavy atom. The second-order valence-corrected chi connectivity index (χ2v) is 4.99. The molecule has 2 nitrogen and oxygen atoms in total. The van der Waals surface area contributed by atoms with Crippen LogP contribution in [-0.2, 0) is 0 Å². The van der Waals surface area contributed by atoms with E-state index in [9.17, 15) is 4.79 Å². The van der Waals surface area contributed by atoms with Gasteiger partial charge in [-0.15, -0.1) is 0 Å². The van der Waals surface area contributed by atoms with Gasteiger partial charge in [0.05, 0.1) is 12.2 Å². The largest absolute Gasteiger partial charge is 0.493 e. The first-order chi connectivity index (χ1) is 8.13. The van der Waals surface area contributed by atoms with Gasteiger partial charge in [-0.25, -0.2) is 0 Å². The highest BCUT2D eigenvalue weighted by atomic mass is 35.5. The molecule has 0 heterocycles. The lowest BCUT2D eigenvalue weighted by Gasteiger charge is -2.12. The van der Waals surface area contributed by atoms with Crippen molar-refractivity contribution in [2.45, 2.75) is 33.1 Å². The summed E-state index contributed by atoms with van der Waals surface area (Å²) in [4.78, 5) is 12.1. The summed E-state index contributed by atoms with van der Waals surface area (Å²) in [6, 6.07) is 3.62. The standard InChI is InChI=1S/C14H17ClO2/c1-3-6-17-13-7-9(2)12(15)8-11(13)14(16)10-4-5-10/h7-8,10H,3-6H2,1-2H3. The molecular formula is C14H17ClO2. The predicted molar refractivity (Wildman–Crippen MR) is 69.0 cm³/mol. The van der Waals surface area contributed by atoms with Crippen LogP contribution in [0.3, 0.4) is 0 Å². The lowest BCUT2D eigenvalue weighted by atomic mass is 10.0. The lowest BCUT2D eigenvalue weighted by Crippen LogP contribution is -2.07. The van der Waals surface area contributed by atoms with Crippen molar-refractivity contribution < 1.29 is 9.53 Å². The van der Waals surface area contributed by atoms with Gasteiger partial charge in [-0.2, -0.15) is 0 Å². The van der Waals surface area contributed by atoms with Crippen molar-refractivity contribution >= 4 is 17.4 Å². The normalized spacial score (nSPS) is 14.8. The van der Waals surface area contributed by atoms with Crippen molar-refractivity contribution in [3.05, 3.63) is 28.3 Å². The number of ether oxygens (including phenoxy) is 1. The van der Waals surface area contributed by atoms with Crippen LogP contribution < -0.4 is 4.74 Å². The molecule has 0 radical (unpaired) electrons. The molecule has 3 heteroatoms. The van der Waals surface area contributed by atoms with Crippen molar-refractivity contribution in [3.63, 3.8) is 0 Å². The van der Waals surface area contributed by atoms with Gasteiger partial charge in [-0.1, -0.05) is 18.5 Å². The summed E-state index contributed by atoms with van der Waals surface area (Å²) in [5.74, 6) is 1.06. The molecule has 1 fully saturated rings. The molecule has 0 N–H and O–H groups in total. The van der Waals surface area contributed by atoms with Crippen molar-refractivity contribution in [2.75, 3.05) is 6.61 Å². The number of Topliss-reactive ketones (excluding diaryl/α,β-unsaturated/α-hetero) is 1. The number of rotatable bonds is 5. The van der Waals surface area contributed by atoms with Gasteiger partial charge in [-0.3, -0.25) is 4.79 Å². The number of aryl methyl sites for hydroxylation is 1. The molecule has 92 valence electrons. The van der Waals surface area contributed by atoms with Crippen LogP contribution in [0.25, 0.3) is 0 Å². The zero-order valence-electron chi connectivity index (χ0n) is 10.3. The third kappa shape index (κ3) is 2.81. The molecule has 2 rings (SSSR count). The van der Waals surface area contributed by atoms with Crippen LogP contribution in [0.15, 0.2) is 12.1 Å². The molecule has 0 aromatic heterocycles. The van der Waals surface area contributed by atoms with Gasteiger partial charge in [-0.05, 0) is 43.9 Å². The Morgan fingerprint density at radius 3 is 2.76 bits per heavy atom. The molecular weight excluding hydrogens is 236 g/mol. The van der Waals surface area contributed by atoms with Crippen molar-refractivity contribution in [3.8, 4) is 5.75 Å². The molecule has 17 heavy (non-hydrogen) atoms. The third-order valence-corrected chi connectivity index (χ3v) is 3.34. The Morgan fingerprint density at radius 1 is 1.47 bits per heavy atom. The van der Waals surface area contributed by atoms with Crippen LogP contribution in [0.4, 0.5) is 0 Å². The minimum absolute atomic E-state index is 0.179. The molecule has 0 spiro atoms. The Kier molecular flexibility index (Phi) is 3.72. The molecule has 1 aliphatic carbocycles. The molecule has 1 aromatic carbocycles. The molecule has 1 aliphatic rings. The Hall–Kier alpha value is -1.02. The second kappa shape index (κ2) is 5.09. The first-order valence-corrected chi connectivity index (χ1v) is 6.48. The summed E-state index contributed by atoms with van der Waals surface area (Å²) < 4.78 is 5.64. The summed E-state index contributed by atoms with van der Waals surface area (Å²) in [7, 11) is 0. The molecule has 0 unspecified atom stereocenters. The highest BCUT2D eigenvalue weighted by molar-refractivity contribution is 6.31. The van der Waals surface area contributed by atoms with E-state index in [1.807, 2.05) is 19.9 Å². The number of carbonyl (C=O) groups is 1. The Labute approximate surface area is 107 Å². The molecule has 0 amide bonds. The summed E-state index contributed by atoms with van der Waals surface area (Å²) in [6.45, 7) is 4.60. The van der Waals surface area contributed by atoms with Crippen LogP contribution in [0.1, 0.15) is 42.1 Å². The van der Waals surface area contributed by atoms with E-state index in [1.54, 1.807) is 6.07 Å². The van der Waals surface area contributed by atoms with E-state index in [4.69, 9.17) is 16.3 Å². The van der Waals surface area contributed by atoms with Gasteiger partial charge < -0.3 is 4.74 Å². The van der Waals surface area contributed by atoms with Gasteiger partial charge in [0.15, 0.2) is 5.78 Å². The fourth-order valence-electron chi connectivity index (χ4n) is 1.74. The van der Waals surface area contributed by atoms with E-state index in [0.717, 1.165) is 24.8 Å². The highest BCUT2D eigenvalue weighted by Crippen LogP contribution is 2.37. The summed E-state index contributed by atoms with van der Waals surface area (Å²) >= 11 is 6.08. The smallest absolute Gasteiger partial charge is 0.169 e. The van der Waals surface area contributed by atoms with Gasteiger partial charge in [0, 0.05) is 10.9 Å². The fraction of sp³-hybridized carbons (Fsp3) is 0.500. The van der Waals surface area contributed by atoms with Crippen molar-refractivity contribution in [1.29, 1.82) is 0 Å². The maximum atomic E-state index is 12.1. The van der Waals surface area contributed by atoms with Gasteiger partial charge >= 0.3 is 0 Å². The van der Waals surface area contributed by atoms with Crippen LogP contribution in [0.2, 0.25) is 5.02 Å². The third-order valence-electron chi connectivity index (χ3n) is 2.94.